The molecule has 0 unspecified atom stereocenters. The summed E-state index contributed by atoms with van der Waals surface area (Å²) in [5.41, 5.74) is 2.64. The summed E-state index contributed by atoms with van der Waals surface area (Å²) in [6, 6.07) is 17.1. The van der Waals surface area contributed by atoms with Crippen LogP contribution < -0.4 is 5.32 Å². The quantitative estimate of drug-likeness (QED) is 0.713. The zero-order valence-electron chi connectivity index (χ0n) is 10.2. The molecule has 2 N–H and O–H groups in total. The highest BCUT2D eigenvalue weighted by Gasteiger charge is 1.99. The molecule has 0 fully saturated rings. The summed E-state index contributed by atoms with van der Waals surface area (Å²) in [5, 5.41) is 6.12. The molecule has 90 valence electrons. The first kappa shape index (κ1) is 11.1. The Kier molecular flexibility index (Phi) is 3.11. The summed E-state index contributed by atoms with van der Waals surface area (Å²) in [4.78, 5) is 3.07. The third-order valence-corrected chi connectivity index (χ3v) is 3.19. The summed E-state index contributed by atoms with van der Waals surface area (Å²) in [5.74, 6) is 0. The minimum atomic E-state index is 0.895. The predicted molar refractivity (Wildman–Crippen MR) is 75.3 cm³/mol. The smallest absolute Gasteiger partial charge is 0.0223 e. The average Bonchev–Trinajstić information content (AvgIpc) is 2.92. The number of H-pyrrole nitrogens is 1. The standard InChI is InChI=1S/C16H16N2/c1-2-7-16-14(4-1)5-3-6-15(16)12-18-11-13-8-9-17-10-13/h1-10,17-18H,11-12H2. The van der Waals surface area contributed by atoms with Crippen molar-refractivity contribution in [3.63, 3.8) is 0 Å². The van der Waals surface area contributed by atoms with Crippen molar-refractivity contribution < 1.29 is 0 Å². The Hall–Kier alpha value is -2.06. The fourth-order valence-electron chi connectivity index (χ4n) is 2.26. The molecule has 0 bridgehead atoms. The lowest BCUT2D eigenvalue weighted by atomic mass is 10.0. The van der Waals surface area contributed by atoms with Crippen molar-refractivity contribution in [2.24, 2.45) is 0 Å². The molecule has 0 saturated carbocycles. The third-order valence-electron chi connectivity index (χ3n) is 3.19. The predicted octanol–water partition coefficient (Wildman–Crippen LogP) is 3.46. The Bertz CT molecular complexity index is 621. The SMILES string of the molecule is c1ccc2c(CNCc3cc[nH]c3)cccc2c1. The fourth-order valence-corrected chi connectivity index (χ4v) is 2.26. The van der Waals surface area contributed by atoms with Gasteiger partial charge in [-0.05, 0) is 28.0 Å². The van der Waals surface area contributed by atoms with Crippen LogP contribution in [-0.2, 0) is 13.1 Å². The highest BCUT2D eigenvalue weighted by Crippen LogP contribution is 2.18. The van der Waals surface area contributed by atoms with Crippen molar-refractivity contribution in [3.05, 3.63) is 72.1 Å². The van der Waals surface area contributed by atoms with Crippen LogP contribution in [0, 0.1) is 0 Å². The Morgan fingerprint density at radius 2 is 1.78 bits per heavy atom. The van der Waals surface area contributed by atoms with E-state index in [0.29, 0.717) is 0 Å². The van der Waals surface area contributed by atoms with Gasteiger partial charge in [-0.15, -0.1) is 0 Å². The van der Waals surface area contributed by atoms with Crippen LogP contribution in [0.5, 0.6) is 0 Å². The van der Waals surface area contributed by atoms with Crippen LogP contribution in [0.3, 0.4) is 0 Å². The van der Waals surface area contributed by atoms with E-state index in [1.165, 1.54) is 21.9 Å². The Morgan fingerprint density at radius 1 is 0.889 bits per heavy atom. The van der Waals surface area contributed by atoms with Gasteiger partial charge in [0.25, 0.3) is 0 Å². The lowest BCUT2D eigenvalue weighted by Gasteiger charge is -2.07. The van der Waals surface area contributed by atoms with Gasteiger partial charge in [0.2, 0.25) is 0 Å². The molecule has 3 aromatic rings. The van der Waals surface area contributed by atoms with Gasteiger partial charge < -0.3 is 10.3 Å². The van der Waals surface area contributed by atoms with Gasteiger partial charge in [-0.25, -0.2) is 0 Å². The van der Waals surface area contributed by atoms with Crippen LogP contribution in [0.25, 0.3) is 10.8 Å². The normalized spacial score (nSPS) is 10.9. The molecule has 18 heavy (non-hydrogen) atoms. The first-order valence-electron chi connectivity index (χ1n) is 6.22. The summed E-state index contributed by atoms with van der Waals surface area (Å²) in [6.45, 7) is 1.79. The van der Waals surface area contributed by atoms with Crippen molar-refractivity contribution in [1.82, 2.24) is 10.3 Å². The number of rotatable bonds is 4. The Morgan fingerprint density at radius 3 is 2.67 bits per heavy atom. The first-order valence-corrected chi connectivity index (χ1v) is 6.22. The maximum atomic E-state index is 3.48. The van der Waals surface area contributed by atoms with Gasteiger partial charge in [-0.1, -0.05) is 42.5 Å². The molecular formula is C16H16N2. The van der Waals surface area contributed by atoms with Gasteiger partial charge in [0, 0.05) is 25.5 Å². The van der Waals surface area contributed by atoms with E-state index in [0.717, 1.165) is 13.1 Å². The highest BCUT2D eigenvalue weighted by atomic mass is 14.9. The second kappa shape index (κ2) is 5.07. The Labute approximate surface area is 107 Å². The molecule has 0 saturated heterocycles. The molecular weight excluding hydrogens is 220 g/mol. The number of hydrogen-bond acceptors (Lipinski definition) is 1. The molecule has 0 atom stereocenters. The number of hydrogen-bond donors (Lipinski definition) is 2. The van der Waals surface area contributed by atoms with E-state index in [1.54, 1.807) is 0 Å². The maximum Gasteiger partial charge on any atom is 0.0223 e. The molecule has 2 aromatic carbocycles. The van der Waals surface area contributed by atoms with Gasteiger partial charge in [-0.2, -0.15) is 0 Å². The molecule has 2 heteroatoms. The Balaban J connectivity index is 1.74. The van der Waals surface area contributed by atoms with Crippen LogP contribution in [0.2, 0.25) is 0 Å². The second-order valence-electron chi connectivity index (χ2n) is 4.46. The van der Waals surface area contributed by atoms with Gasteiger partial charge >= 0.3 is 0 Å². The van der Waals surface area contributed by atoms with E-state index in [9.17, 15) is 0 Å². The summed E-state index contributed by atoms with van der Waals surface area (Å²) in [6.07, 6.45) is 3.98. The fraction of sp³-hybridized carbons (Fsp3) is 0.125. The van der Waals surface area contributed by atoms with Gasteiger partial charge in [0.15, 0.2) is 0 Å². The number of nitrogens with one attached hydrogen (secondary N) is 2. The van der Waals surface area contributed by atoms with Crippen molar-refractivity contribution in [1.29, 1.82) is 0 Å². The van der Waals surface area contributed by atoms with E-state index in [4.69, 9.17) is 0 Å². The number of benzene rings is 2. The van der Waals surface area contributed by atoms with E-state index < -0.39 is 0 Å². The largest absolute Gasteiger partial charge is 0.367 e. The van der Waals surface area contributed by atoms with Crippen LogP contribution >= 0.6 is 0 Å². The molecule has 0 aliphatic carbocycles. The molecule has 1 heterocycles. The first-order chi connectivity index (χ1) is 8.93. The zero-order chi connectivity index (χ0) is 12.2. The van der Waals surface area contributed by atoms with Crippen LogP contribution in [0.1, 0.15) is 11.1 Å². The van der Waals surface area contributed by atoms with Gasteiger partial charge in [0.1, 0.15) is 0 Å². The summed E-state index contributed by atoms with van der Waals surface area (Å²) in [7, 11) is 0. The average molecular weight is 236 g/mol. The van der Waals surface area contributed by atoms with Gasteiger partial charge in [0.05, 0.1) is 0 Å². The molecule has 0 radical (unpaired) electrons. The number of aromatic nitrogens is 1. The summed E-state index contributed by atoms with van der Waals surface area (Å²) < 4.78 is 0. The molecule has 0 aliphatic heterocycles. The topological polar surface area (TPSA) is 27.8 Å². The second-order valence-corrected chi connectivity index (χ2v) is 4.46. The third kappa shape index (κ3) is 2.29. The lowest BCUT2D eigenvalue weighted by molar-refractivity contribution is 0.697. The van der Waals surface area contributed by atoms with E-state index in [2.05, 4.69) is 58.8 Å². The zero-order valence-corrected chi connectivity index (χ0v) is 10.2. The lowest BCUT2D eigenvalue weighted by Crippen LogP contribution is -2.12. The van der Waals surface area contributed by atoms with E-state index >= 15 is 0 Å². The van der Waals surface area contributed by atoms with Crippen molar-refractivity contribution in [2.75, 3.05) is 0 Å². The van der Waals surface area contributed by atoms with Crippen LogP contribution in [0.15, 0.2) is 60.9 Å². The van der Waals surface area contributed by atoms with Crippen molar-refractivity contribution >= 4 is 10.8 Å². The van der Waals surface area contributed by atoms with Gasteiger partial charge in [-0.3, -0.25) is 0 Å². The van der Waals surface area contributed by atoms with E-state index in [1.807, 2.05) is 12.4 Å². The molecule has 2 nitrogen and oxygen atoms in total. The molecule has 0 aliphatic rings. The number of aromatic amines is 1. The minimum Gasteiger partial charge on any atom is -0.367 e. The van der Waals surface area contributed by atoms with Crippen LogP contribution in [-0.4, -0.2) is 4.98 Å². The van der Waals surface area contributed by atoms with Crippen molar-refractivity contribution in [3.8, 4) is 0 Å². The molecule has 0 spiro atoms. The monoisotopic (exact) mass is 236 g/mol. The molecule has 3 rings (SSSR count). The number of fused-ring (bicyclic) bond motifs is 1. The highest BCUT2D eigenvalue weighted by molar-refractivity contribution is 5.85. The maximum absolute atomic E-state index is 3.48. The summed E-state index contributed by atoms with van der Waals surface area (Å²) >= 11 is 0. The molecule has 1 aromatic heterocycles. The minimum absolute atomic E-state index is 0.895. The van der Waals surface area contributed by atoms with E-state index in [-0.39, 0.29) is 0 Å². The van der Waals surface area contributed by atoms with Crippen molar-refractivity contribution in [2.45, 2.75) is 13.1 Å². The molecule has 0 amide bonds. The van der Waals surface area contributed by atoms with Crippen LogP contribution in [0.4, 0.5) is 0 Å².